The molecule has 4 nitrogen and oxygen atoms in total. The lowest BCUT2D eigenvalue weighted by Crippen LogP contribution is -2.28. The van der Waals surface area contributed by atoms with E-state index in [-0.39, 0.29) is 19.0 Å². The first-order valence-electron chi connectivity index (χ1n) is 6.53. The third-order valence-electron chi connectivity index (χ3n) is 2.91. The van der Waals surface area contributed by atoms with Crippen molar-refractivity contribution >= 4 is 6.09 Å². The Kier molecular flexibility index (Phi) is 5.29. The third kappa shape index (κ3) is 4.89. The summed E-state index contributed by atoms with van der Waals surface area (Å²) in [6.07, 6.45) is -1.52. The summed E-state index contributed by atoms with van der Waals surface area (Å²) >= 11 is 0. The number of aliphatic hydroxyl groups excluding tert-OH is 1. The number of carbonyl (C=O) groups is 1. The van der Waals surface area contributed by atoms with Gasteiger partial charge in [0.05, 0.1) is 12.6 Å². The second kappa shape index (κ2) is 7.40. The number of aliphatic hydroxyl groups is 1. The summed E-state index contributed by atoms with van der Waals surface area (Å²) < 4.78 is 17.8. The highest BCUT2D eigenvalue weighted by Crippen LogP contribution is 2.12. The van der Waals surface area contributed by atoms with Gasteiger partial charge in [-0.15, -0.1) is 0 Å². The third-order valence-corrected chi connectivity index (χ3v) is 2.91. The van der Waals surface area contributed by atoms with Crippen LogP contribution in [0.2, 0.25) is 0 Å². The maximum absolute atomic E-state index is 12.8. The van der Waals surface area contributed by atoms with Gasteiger partial charge in [0.1, 0.15) is 12.4 Å². The van der Waals surface area contributed by atoms with Crippen LogP contribution in [0, 0.1) is 5.82 Å². The molecule has 0 saturated heterocycles. The maximum atomic E-state index is 12.8. The Bertz CT molecular complexity index is 572. The van der Waals surface area contributed by atoms with E-state index in [0.29, 0.717) is 5.56 Å². The van der Waals surface area contributed by atoms with Gasteiger partial charge in [0, 0.05) is 0 Å². The second-order valence-electron chi connectivity index (χ2n) is 4.51. The summed E-state index contributed by atoms with van der Waals surface area (Å²) in [6, 6.07) is 14.7. The van der Waals surface area contributed by atoms with E-state index in [9.17, 15) is 14.3 Å². The minimum absolute atomic E-state index is 0.000739. The zero-order valence-corrected chi connectivity index (χ0v) is 11.3. The van der Waals surface area contributed by atoms with E-state index in [2.05, 4.69) is 5.32 Å². The van der Waals surface area contributed by atoms with Crippen LogP contribution >= 0.6 is 0 Å². The van der Waals surface area contributed by atoms with Gasteiger partial charge in [0.15, 0.2) is 0 Å². The van der Waals surface area contributed by atoms with Crippen molar-refractivity contribution < 1.29 is 19.0 Å². The van der Waals surface area contributed by atoms with Crippen LogP contribution in [0.15, 0.2) is 54.6 Å². The fraction of sp³-hybridized carbons (Fsp3) is 0.188. The molecule has 1 amide bonds. The van der Waals surface area contributed by atoms with Gasteiger partial charge < -0.3 is 15.2 Å². The van der Waals surface area contributed by atoms with Crippen LogP contribution in [-0.4, -0.2) is 17.7 Å². The van der Waals surface area contributed by atoms with Crippen molar-refractivity contribution in [1.29, 1.82) is 0 Å². The predicted octanol–water partition coefficient (Wildman–Crippen LogP) is 2.79. The quantitative estimate of drug-likeness (QED) is 0.890. The van der Waals surface area contributed by atoms with Crippen LogP contribution in [0.4, 0.5) is 9.18 Å². The number of alkyl carbamates (subject to hydrolysis) is 1. The molecule has 0 heterocycles. The molecule has 2 rings (SSSR count). The Labute approximate surface area is 122 Å². The largest absolute Gasteiger partial charge is 0.445 e. The predicted molar refractivity (Wildman–Crippen MR) is 76.0 cm³/mol. The molecular formula is C16H16FNO3. The SMILES string of the molecule is O=C(NC[C@H](O)c1ccc(F)cc1)OCc1ccccc1. The summed E-state index contributed by atoms with van der Waals surface area (Å²) in [5, 5.41) is 12.3. The van der Waals surface area contributed by atoms with E-state index in [1.807, 2.05) is 30.3 Å². The van der Waals surface area contributed by atoms with E-state index in [4.69, 9.17) is 4.74 Å². The van der Waals surface area contributed by atoms with Crippen LogP contribution in [0.1, 0.15) is 17.2 Å². The molecule has 0 saturated carbocycles. The molecule has 0 aromatic heterocycles. The van der Waals surface area contributed by atoms with E-state index in [0.717, 1.165) is 5.56 Å². The Balaban J connectivity index is 1.74. The maximum Gasteiger partial charge on any atom is 0.407 e. The van der Waals surface area contributed by atoms with Crippen LogP contribution in [0.3, 0.4) is 0 Å². The van der Waals surface area contributed by atoms with Crippen molar-refractivity contribution in [3.63, 3.8) is 0 Å². The van der Waals surface area contributed by atoms with Crippen LogP contribution in [0.25, 0.3) is 0 Å². The molecule has 0 bridgehead atoms. The summed E-state index contributed by atoms with van der Waals surface area (Å²) in [5.41, 5.74) is 1.41. The average molecular weight is 289 g/mol. The molecule has 0 aliphatic rings. The summed E-state index contributed by atoms with van der Waals surface area (Å²) in [4.78, 5) is 11.5. The smallest absolute Gasteiger partial charge is 0.407 e. The molecule has 0 fully saturated rings. The number of halogens is 1. The minimum Gasteiger partial charge on any atom is -0.445 e. The van der Waals surface area contributed by atoms with Gasteiger partial charge in [-0.05, 0) is 23.3 Å². The van der Waals surface area contributed by atoms with Crippen molar-refractivity contribution in [2.45, 2.75) is 12.7 Å². The fourth-order valence-electron chi connectivity index (χ4n) is 1.76. The second-order valence-corrected chi connectivity index (χ2v) is 4.51. The van der Waals surface area contributed by atoms with Gasteiger partial charge in [0.25, 0.3) is 0 Å². The first-order chi connectivity index (χ1) is 10.1. The molecule has 1 atom stereocenters. The van der Waals surface area contributed by atoms with Gasteiger partial charge in [-0.3, -0.25) is 0 Å². The molecule has 0 radical (unpaired) electrons. The zero-order chi connectivity index (χ0) is 15.1. The van der Waals surface area contributed by atoms with Gasteiger partial charge in [-0.25, -0.2) is 9.18 Å². The molecule has 0 aliphatic carbocycles. The molecule has 110 valence electrons. The van der Waals surface area contributed by atoms with Gasteiger partial charge in [-0.2, -0.15) is 0 Å². The summed E-state index contributed by atoms with van der Waals surface area (Å²) in [7, 11) is 0. The molecule has 2 aromatic rings. The highest BCUT2D eigenvalue weighted by molar-refractivity contribution is 5.67. The number of hydrogen-bond acceptors (Lipinski definition) is 3. The number of carbonyl (C=O) groups excluding carboxylic acids is 1. The lowest BCUT2D eigenvalue weighted by molar-refractivity contribution is 0.126. The van der Waals surface area contributed by atoms with E-state index in [1.165, 1.54) is 24.3 Å². The Hall–Kier alpha value is -2.40. The average Bonchev–Trinajstić information content (AvgIpc) is 2.52. The van der Waals surface area contributed by atoms with Crippen molar-refractivity contribution in [2.24, 2.45) is 0 Å². The molecule has 2 aromatic carbocycles. The highest BCUT2D eigenvalue weighted by Gasteiger charge is 2.10. The number of ether oxygens (including phenoxy) is 1. The number of rotatable bonds is 5. The normalized spacial score (nSPS) is 11.7. The Morgan fingerprint density at radius 2 is 1.81 bits per heavy atom. The van der Waals surface area contributed by atoms with Crippen molar-refractivity contribution in [1.82, 2.24) is 5.32 Å². The van der Waals surface area contributed by atoms with Gasteiger partial charge in [-0.1, -0.05) is 42.5 Å². The lowest BCUT2D eigenvalue weighted by atomic mass is 10.1. The molecule has 0 unspecified atom stereocenters. The van der Waals surface area contributed by atoms with Crippen LogP contribution in [-0.2, 0) is 11.3 Å². The Morgan fingerprint density at radius 3 is 2.48 bits per heavy atom. The molecule has 2 N–H and O–H groups in total. The van der Waals surface area contributed by atoms with Crippen LogP contribution < -0.4 is 5.32 Å². The minimum atomic E-state index is -0.908. The van der Waals surface area contributed by atoms with Crippen molar-refractivity contribution in [3.05, 3.63) is 71.5 Å². The first kappa shape index (κ1) is 15.0. The van der Waals surface area contributed by atoms with E-state index < -0.39 is 12.2 Å². The van der Waals surface area contributed by atoms with Crippen LogP contribution in [0.5, 0.6) is 0 Å². The summed E-state index contributed by atoms with van der Waals surface area (Å²) in [6.45, 7) is 0.165. The van der Waals surface area contributed by atoms with E-state index >= 15 is 0 Å². The number of hydrogen-bond donors (Lipinski definition) is 2. The van der Waals surface area contributed by atoms with E-state index in [1.54, 1.807) is 0 Å². The van der Waals surface area contributed by atoms with Gasteiger partial charge >= 0.3 is 6.09 Å². The monoisotopic (exact) mass is 289 g/mol. The number of nitrogens with one attached hydrogen (secondary N) is 1. The highest BCUT2D eigenvalue weighted by atomic mass is 19.1. The molecular weight excluding hydrogens is 273 g/mol. The molecule has 0 spiro atoms. The van der Waals surface area contributed by atoms with Gasteiger partial charge in [0.2, 0.25) is 0 Å². The van der Waals surface area contributed by atoms with Crippen molar-refractivity contribution in [3.8, 4) is 0 Å². The van der Waals surface area contributed by atoms with Crippen molar-refractivity contribution in [2.75, 3.05) is 6.54 Å². The standard InChI is InChI=1S/C16H16FNO3/c17-14-8-6-13(7-9-14)15(19)10-18-16(20)21-11-12-4-2-1-3-5-12/h1-9,15,19H,10-11H2,(H,18,20)/t15-/m0/s1. The molecule has 5 heteroatoms. The molecule has 0 aliphatic heterocycles. The first-order valence-corrected chi connectivity index (χ1v) is 6.53. The number of amides is 1. The Morgan fingerprint density at radius 1 is 1.14 bits per heavy atom. The summed E-state index contributed by atoms with van der Waals surface area (Å²) in [5.74, 6) is -0.374. The fourth-order valence-corrected chi connectivity index (χ4v) is 1.76. The lowest BCUT2D eigenvalue weighted by Gasteiger charge is -2.12. The topological polar surface area (TPSA) is 58.6 Å². The molecule has 21 heavy (non-hydrogen) atoms. The zero-order valence-electron chi connectivity index (χ0n) is 11.3. The number of benzene rings is 2.